The molecule has 1 aromatic heterocycles. The number of aromatic amines is 1. The molecule has 0 radical (unpaired) electrons. The highest BCUT2D eigenvalue weighted by atomic mass is 19.4. The molecule has 2 fully saturated rings. The molecule has 8 nitrogen and oxygen atoms in total. The minimum absolute atomic E-state index is 0.0112. The van der Waals surface area contributed by atoms with Gasteiger partial charge in [-0.2, -0.15) is 27.1 Å². The highest BCUT2D eigenvalue weighted by molar-refractivity contribution is 5.94. The van der Waals surface area contributed by atoms with Crippen molar-refractivity contribution in [3.63, 3.8) is 0 Å². The zero-order valence-corrected chi connectivity index (χ0v) is 20.5. The average Bonchev–Trinajstić information content (AvgIpc) is 2.83. The maximum Gasteiger partial charge on any atom is 0.497 e. The molecule has 38 heavy (non-hydrogen) atoms. The molecule has 4 rings (SSSR count). The number of quaternary nitrogens is 1. The van der Waals surface area contributed by atoms with Crippen molar-refractivity contribution in [2.24, 2.45) is 0 Å². The average molecular weight is 547 g/mol. The molecule has 0 aliphatic carbocycles. The second-order valence-corrected chi connectivity index (χ2v) is 9.73. The summed E-state index contributed by atoms with van der Waals surface area (Å²) in [6, 6.07) is 3.39. The quantitative estimate of drug-likeness (QED) is 0.459. The van der Waals surface area contributed by atoms with Gasteiger partial charge >= 0.3 is 18.1 Å². The first-order valence-electron chi connectivity index (χ1n) is 11.8. The summed E-state index contributed by atoms with van der Waals surface area (Å²) in [5, 5.41) is 6.31. The fourth-order valence-corrected chi connectivity index (χ4v) is 4.97. The van der Waals surface area contributed by atoms with E-state index in [1.165, 1.54) is 23.1 Å². The van der Waals surface area contributed by atoms with E-state index in [2.05, 4.69) is 15.0 Å². The molecule has 14 heteroatoms. The summed E-state index contributed by atoms with van der Waals surface area (Å²) >= 11 is 0. The number of nitrogens with one attached hydrogen (secondary N) is 1. The van der Waals surface area contributed by atoms with Gasteiger partial charge in [0.15, 0.2) is 13.1 Å². The number of amides is 1. The molecule has 2 aliphatic rings. The van der Waals surface area contributed by atoms with Crippen molar-refractivity contribution >= 4 is 11.9 Å². The number of carbonyl (C=O) groups is 2. The number of piperidine rings is 1. The summed E-state index contributed by atoms with van der Waals surface area (Å²) < 4.78 is 79.7. The Labute approximate surface area is 212 Å². The van der Waals surface area contributed by atoms with Crippen LogP contribution in [-0.2, 0) is 16.1 Å². The summed E-state index contributed by atoms with van der Waals surface area (Å²) in [5.41, 5.74) is 1.03. The van der Waals surface area contributed by atoms with Gasteiger partial charge in [0.1, 0.15) is 11.9 Å². The van der Waals surface area contributed by atoms with Gasteiger partial charge in [-0.25, -0.2) is 14.3 Å². The predicted octanol–water partition coefficient (Wildman–Crippen LogP) is 3.21. The van der Waals surface area contributed by atoms with Crippen molar-refractivity contribution < 1.29 is 45.4 Å². The molecule has 1 amide bonds. The molecule has 3 heterocycles. The Balaban J connectivity index is 1.47. The van der Waals surface area contributed by atoms with Crippen LogP contribution in [-0.4, -0.2) is 75.9 Å². The third-order valence-electron chi connectivity index (χ3n) is 7.21. The SMILES string of the molecule is Cc1c(Cc2cccc(C(=O)N3CCC([N+]4(OC(=O)C(F)(F)F)CC(F)(F)C4)CC3)c2F)n[nH]c(=O)c1C. The highest BCUT2D eigenvalue weighted by Crippen LogP contribution is 2.41. The number of hydrogen-bond donors (Lipinski definition) is 1. The van der Waals surface area contributed by atoms with Crippen LogP contribution in [0.15, 0.2) is 23.0 Å². The number of nitrogens with zero attached hydrogens (tertiary/aromatic N) is 3. The number of benzene rings is 1. The molecule has 2 saturated heterocycles. The van der Waals surface area contributed by atoms with Crippen molar-refractivity contribution in [3.05, 3.63) is 62.3 Å². The normalized spacial score (nSPS) is 19.1. The molecule has 206 valence electrons. The number of likely N-dealkylation sites (tertiary alicyclic amines) is 2. The van der Waals surface area contributed by atoms with Gasteiger partial charge in [-0.1, -0.05) is 12.1 Å². The van der Waals surface area contributed by atoms with E-state index in [1.54, 1.807) is 13.8 Å². The van der Waals surface area contributed by atoms with Crippen molar-refractivity contribution in [2.45, 2.75) is 51.3 Å². The molecule has 0 unspecified atom stereocenters. The fourth-order valence-electron chi connectivity index (χ4n) is 4.97. The van der Waals surface area contributed by atoms with Crippen LogP contribution in [0, 0.1) is 19.7 Å². The number of halogens is 6. The van der Waals surface area contributed by atoms with Gasteiger partial charge < -0.3 is 4.90 Å². The topological polar surface area (TPSA) is 92.4 Å². The summed E-state index contributed by atoms with van der Waals surface area (Å²) in [6.07, 6.45) is -5.36. The zero-order chi connectivity index (χ0) is 28.0. The molecule has 0 saturated carbocycles. The number of hydrogen-bond acceptors (Lipinski definition) is 5. The van der Waals surface area contributed by atoms with Crippen LogP contribution in [0.25, 0.3) is 0 Å². The van der Waals surface area contributed by atoms with Crippen LogP contribution in [0.1, 0.15) is 45.6 Å². The van der Waals surface area contributed by atoms with Crippen molar-refractivity contribution in [2.75, 3.05) is 26.2 Å². The molecular formula is C24H25F6N4O4+. The number of hydroxylamine groups is 3. The van der Waals surface area contributed by atoms with Gasteiger partial charge in [-0.3, -0.25) is 14.4 Å². The van der Waals surface area contributed by atoms with E-state index in [4.69, 9.17) is 0 Å². The Bertz CT molecular complexity index is 1310. The third-order valence-corrected chi connectivity index (χ3v) is 7.21. The summed E-state index contributed by atoms with van der Waals surface area (Å²) in [7, 11) is 0. The second kappa shape index (κ2) is 9.71. The van der Waals surface area contributed by atoms with Gasteiger partial charge in [-0.15, -0.1) is 4.65 Å². The van der Waals surface area contributed by atoms with E-state index in [9.17, 15) is 36.3 Å². The van der Waals surface area contributed by atoms with Gasteiger partial charge in [0.25, 0.3) is 11.5 Å². The smallest absolute Gasteiger partial charge is 0.338 e. The Morgan fingerprint density at radius 3 is 2.37 bits per heavy atom. The van der Waals surface area contributed by atoms with E-state index in [1.807, 2.05) is 0 Å². The molecule has 0 spiro atoms. The first-order valence-corrected chi connectivity index (χ1v) is 11.8. The summed E-state index contributed by atoms with van der Waals surface area (Å²) in [6.45, 7) is 1.02. The van der Waals surface area contributed by atoms with Crippen LogP contribution < -0.4 is 5.56 Å². The largest absolute Gasteiger partial charge is 0.497 e. The number of alkyl halides is 5. The molecule has 0 atom stereocenters. The van der Waals surface area contributed by atoms with Crippen molar-refractivity contribution in [1.29, 1.82) is 0 Å². The van der Waals surface area contributed by atoms with Crippen LogP contribution >= 0.6 is 0 Å². The Morgan fingerprint density at radius 1 is 1.16 bits per heavy atom. The lowest BCUT2D eigenvalue weighted by molar-refractivity contribution is -1.15. The lowest BCUT2D eigenvalue weighted by atomic mass is 9.96. The van der Waals surface area contributed by atoms with Crippen LogP contribution in [0.3, 0.4) is 0 Å². The van der Waals surface area contributed by atoms with Gasteiger partial charge in [0, 0.05) is 37.9 Å². The number of carbonyl (C=O) groups excluding carboxylic acids is 2. The van der Waals surface area contributed by atoms with Crippen LogP contribution in [0.5, 0.6) is 0 Å². The molecule has 2 aliphatic heterocycles. The molecule has 1 N–H and O–H groups in total. The third kappa shape index (κ3) is 5.26. The van der Waals surface area contributed by atoms with E-state index in [0.29, 0.717) is 16.8 Å². The number of rotatable bonds is 5. The van der Waals surface area contributed by atoms with Crippen molar-refractivity contribution in [1.82, 2.24) is 15.1 Å². The van der Waals surface area contributed by atoms with Gasteiger partial charge in [-0.05, 0) is 31.0 Å². The molecule has 1 aromatic carbocycles. The van der Waals surface area contributed by atoms with Crippen LogP contribution in [0.4, 0.5) is 26.3 Å². The number of H-pyrrole nitrogens is 1. The molecule has 2 aromatic rings. The zero-order valence-electron chi connectivity index (χ0n) is 20.5. The number of aromatic nitrogens is 2. The van der Waals surface area contributed by atoms with Gasteiger partial charge in [0.05, 0.1) is 11.3 Å². The van der Waals surface area contributed by atoms with Crippen LogP contribution in [0.2, 0.25) is 0 Å². The summed E-state index contributed by atoms with van der Waals surface area (Å²) in [4.78, 5) is 42.0. The van der Waals surface area contributed by atoms with Crippen molar-refractivity contribution in [3.8, 4) is 0 Å². The first kappa shape index (κ1) is 27.6. The van der Waals surface area contributed by atoms with E-state index < -0.39 is 53.6 Å². The minimum Gasteiger partial charge on any atom is -0.338 e. The lowest BCUT2D eigenvalue weighted by Crippen LogP contribution is -2.75. The first-order chi connectivity index (χ1) is 17.6. The maximum atomic E-state index is 15.3. The van der Waals surface area contributed by atoms with Gasteiger partial charge in [0.2, 0.25) is 0 Å². The van der Waals surface area contributed by atoms with E-state index in [-0.39, 0.29) is 49.0 Å². The predicted molar refractivity (Wildman–Crippen MR) is 120 cm³/mol. The lowest BCUT2D eigenvalue weighted by Gasteiger charge is -2.51. The molecular weight excluding hydrogens is 522 g/mol. The standard InChI is InChI=1S/C24H24F6N4O4/c1-13-14(2)20(35)32-31-18(13)10-15-4-3-5-17(19(15)25)21(36)33-8-6-16(7-9-33)34(11-23(26,27)12-34)38-22(37)24(28,29)30/h3-5,16H,6-12H2,1-2H3/p+1. The Morgan fingerprint density at radius 2 is 1.79 bits per heavy atom. The highest BCUT2D eigenvalue weighted by Gasteiger charge is 2.67. The molecule has 0 bridgehead atoms. The Hall–Kier alpha value is -3.42. The Kier molecular flexibility index (Phi) is 7.06. The second-order valence-electron chi connectivity index (χ2n) is 9.73. The summed E-state index contributed by atoms with van der Waals surface area (Å²) in [5.74, 6) is -7.28. The maximum absolute atomic E-state index is 15.3. The van der Waals surface area contributed by atoms with E-state index >= 15 is 4.39 Å². The fraction of sp³-hybridized carbons (Fsp3) is 0.500. The minimum atomic E-state index is -5.34. The monoisotopic (exact) mass is 547 g/mol. The van der Waals surface area contributed by atoms with E-state index in [0.717, 1.165) is 0 Å².